The summed E-state index contributed by atoms with van der Waals surface area (Å²) in [6.45, 7) is 6.69. The Labute approximate surface area is 69.1 Å². The van der Waals surface area contributed by atoms with Crippen LogP contribution in [-0.2, 0) is 0 Å². The first-order valence-corrected chi connectivity index (χ1v) is 5.15. The van der Waals surface area contributed by atoms with E-state index in [1.807, 2.05) is 11.8 Å². The SMILES string of the molecule is CCSC/C=C\CC(C)C. The van der Waals surface area contributed by atoms with Gasteiger partial charge >= 0.3 is 0 Å². The zero-order valence-corrected chi connectivity index (χ0v) is 8.08. The van der Waals surface area contributed by atoms with Crippen LogP contribution in [-0.4, -0.2) is 11.5 Å². The Balaban J connectivity index is 3.04. The second-order valence-corrected chi connectivity index (χ2v) is 4.08. The van der Waals surface area contributed by atoms with Gasteiger partial charge in [0.1, 0.15) is 0 Å². The minimum atomic E-state index is 0.808. The molecule has 0 N–H and O–H groups in total. The van der Waals surface area contributed by atoms with Gasteiger partial charge in [0.15, 0.2) is 0 Å². The van der Waals surface area contributed by atoms with E-state index in [9.17, 15) is 0 Å². The molecular weight excluding hydrogens is 140 g/mol. The molecule has 0 aromatic rings. The Kier molecular flexibility index (Phi) is 7.26. The lowest BCUT2D eigenvalue weighted by atomic mass is 10.1. The van der Waals surface area contributed by atoms with E-state index in [1.165, 1.54) is 17.9 Å². The van der Waals surface area contributed by atoms with Gasteiger partial charge in [-0.1, -0.05) is 32.9 Å². The highest BCUT2D eigenvalue weighted by molar-refractivity contribution is 7.99. The van der Waals surface area contributed by atoms with Gasteiger partial charge in [-0.2, -0.15) is 11.8 Å². The first-order chi connectivity index (χ1) is 4.77. The van der Waals surface area contributed by atoms with Crippen molar-refractivity contribution in [1.29, 1.82) is 0 Å². The van der Waals surface area contributed by atoms with Crippen molar-refractivity contribution in [2.75, 3.05) is 11.5 Å². The second-order valence-electron chi connectivity index (χ2n) is 2.76. The van der Waals surface area contributed by atoms with E-state index >= 15 is 0 Å². The summed E-state index contributed by atoms with van der Waals surface area (Å²) in [7, 11) is 0. The summed E-state index contributed by atoms with van der Waals surface area (Å²) < 4.78 is 0. The Morgan fingerprint density at radius 3 is 2.50 bits per heavy atom. The summed E-state index contributed by atoms with van der Waals surface area (Å²) in [5.41, 5.74) is 0. The van der Waals surface area contributed by atoms with E-state index in [0.29, 0.717) is 0 Å². The van der Waals surface area contributed by atoms with Crippen molar-refractivity contribution in [3.8, 4) is 0 Å². The lowest BCUT2D eigenvalue weighted by molar-refractivity contribution is 0.663. The molecule has 0 spiro atoms. The predicted molar refractivity (Wildman–Crippen MR) is 51.6 cm³/mol. The molecule has 0 aromatic heterocycles. The number of allylic oxidation sites excluding steroid dienone is 1. The van der Waals surface area contributed by atoms with Gasteiger partial charge in [-0.05, 0) is 18.1 Å². The van der Waals surface area contributed by atoms with Crippen LogP contribution in [0.3, 0.4) is 0 Å². The van der Waals surface area contributed by atoms with Crippen LogP contribution in [0.25, 0.3) is 0 Å². The van der Waals surface area contributed by atoms with Gasteiger partial charge in [-0.15, -0.1) is 0 Å². The molecule has 0 aliphatic heterocycles. The minimum Gasteiger partial charge on any atom is -0.158 e. The smallest absolute Gasteiger partial charge is 0.0113 e. The topological polar surface area (TPSA) is 0 Å². The van der Waals surface area contributed by atoms with Gasteiger partial charge < -0.3 is 0 Å². The van der Waals surface area contributed by atoms with Gasteiger partial charge in [0.25, 0.3) is 0 Å². The summed E-state index contributed by atoms with van der Waals surface area (Å²) in [4.78, 5) is 0. The van der Waals surface area contributed by atoms with Gasteiger partial charge in [-0.25, -0.2) is 0 Å². The largest absolute Gasteiger partial charge is 0.158 e. The number of thioether (sulfide) groups is 1. The Morgan fingerprint density at radius 1 is 1.30 bits per heavy atom. The fraction of sp³-hybridized carbons (Fsp3) is 0.778. The molecule has 0 atom stereocenters. The van der Waals surface area contributed by atoms with E-state index in [0.717, 1.165) is 5.92 Å². The minimum absolute atomic E-state index is 0.808. The van der Waals surface area contributed by atoms with Gasteiger partial charge in [0.05, 0.1) is 0 Å². The van der Waals surface area contributed by atoms with Crippen molar-refractivity contribution >= 4 is 11.8 Å². The molecule has 0 radical (unpaired) electrons. The third kappa shape index (κ3) is 8.09. The molecule has 0 aromatic carbocycles. The van der Waals surface area contributed by atoms with Gasteiger partial charge in [0.2, 0.25) is 0 Å². The highest BCUT2D eigenvalue weighted by Gasteiger charge is 1.86. The third-order valence-corrected chi connectivity index (χ3v) is 2.03. The summed E-state index contributed by atoms with van der Waals surface area (Å²) in [6, 6.07) is 0. The lowest BCUT2D eigenvalue weighted by Gasteiger charge is -1.95. The number of rotatable bonds is 5. The normalized spacial score (nSPS) is 11.6. The molecule has 0 saturated carbocycles. The Bertz CT molecular complexity index is 84.7. The zero-order valence-electron chi connectivity index (χ0n) is 7.26. The average Bonchev–Trinajstić information content (AvgIpc) is 1.87. The zero-order chi connectivity index (χ0) is 7.82. The first kappa shape index (κ1) is 10.1. The highest BCUT2D eigenvalue weighted by atomic mass is 32.2. The fourth-order valence-corrected chi connectivity index (χ4v) is 1.13. The molecule has 10 heavy (non-hydrogen) atoms. The molecule has 0 fully saturated rings. The van der Waals surface area contributed by atoms with Crippen LogP contribution in [0.5, 0.6) is 0 Å². The maximum atomic E-state index is 2.29. The molecule has 60 valence electrons. The molecule has 0 rings (SSSR count). The van der Waals surface area contributed by atoms with Gasteiger partial charge in [-0.3, -0.25) is 0 Å². The van der Waals surface area contributed by atoms with Crippen molar-refractivity contribution < 1.29 is 0 Å². The highest BCUT2D eigenvalue weighted by Crippen LogP contribution is 2.02. The maximum absolute atomic E-state index is 2.29. The summed E-state index contributed by atoms with van der Waals surface area (Å²) in [6.07, 6.45) is 5.78. The summed E-state index contributed by atoms with van der Waals surface area (Å²) in [5, 5.41) is 0. The first-order valence-electron chi connectivity index (χ1n) is 4.00. The molecule has 0 amide bonds. The van der Waals surface area contributed by atoms with E-state index in [1.54, 1.807) is 0 Å². The van der Waals surface area contributed by atoms with Crippen LogP contribution in [0, 0.1) is 5.92 Å². The molecular formula is C9H18S. The Hall–Kier alpha value is 0.0900. The number of hydrogen-bond donors (Lipinski definition) is 0. The monoisotopic (exact) mass is 158 g/mol. The second kappa shape index (κ2) is 7.20. The molecule has 1 heteroatoms. The fourth-order valence-electron chi connectivity index (χ4n) is 0.622. The summed E-state index contributed by atoms with van der Waals surface area (Å²) >= 11 is 1.97. The Morgan fingerprint density at radius 2 is 2.00 bits per heavy atom. The van der Waals surface area contributed by atoms with Crippen molar-refractivity contribution in [2.45, 2.75) is 27.2 Å². The van der Waals surface area contributed by atoms with Crippen molar-refractivity contribution in [3.63, 3.8) is 0 Å². The van der Waals surface area contributed by atoms with Crippen molar-refractivity contribution in [1.82, 2.24) is 0 Å². The lowest BCUT2D eigenvalue weighted by Crippen LogP contribution is -1.81. The van der Waals surface area contributed by atoms with Crippen molar-refractivity contribution in [2.24, 2.45) is 5.92 Å². The van der Waals surface area contributed by atoms with Crippen LogP contribution in [0.4, 0.5) is 0 Å². The molecule has 0 aliphatic rings. The molecule has 0 unspecified atom stereocenters. The quantitative estimate of drug-likeness (QED) is 0.437. The molecule has 0 saturated heterocycles. The van der Waals surface area contributed by atoms with Crippen molar-refractivity contribution in [3.05, 3.63) is 12.2 Å². The maximum Gasteiger partial charge on any atom is 0.0113 e. The summed E-state index contributed by atoms with van der Waals surface area (Å²) in [5.74, 6) is 3.22. The molecule has 0 bridgehead atoms. The third-order valence-electron chi connectivity index (χ3n) is 1.19. The van der Waals surface area contributed by atoms with Crippen LogP contribution in [0.1, 0.15) is 27.2 Å². The van der Waals surface area contributed by atoms with E-state index in [2.05, 4.69) is 32.9 Å². The van der Waals surface area contributed by atoms with E-state index < -0.39 is 0 Å². The van der Waals surface area contributed by atoms with E-state index in [4.69, 9.17) is 0 Å². The number of hydrogen-bond acceptors (Lipinski definition) is 1. The predicted octanol–water partition coefficient (Wildman–Crippen LogP) is 3.34. The van der Waals surface area contributed by atoms with Crippen LogP contribution in [0.15, 0.2) is 12.2 Å². The van der Waals surface area contributed by atoms with Crippen LogP contribution >= 0.6 is 11.8 Å². The standard InChI is InChI=1S/C9H18S/c1-4-10-8-6-5-7-9(2)3/h5-6,9H,4,7-8H2,1-3H3/b6-5-. The molecule has 0 aliphatic carbocycles. The molecule has 0 heterocycles. The van der Waals surface area contributed by atoms with Gasteiger partial charge in [0, 0.05) is 5.75 Å². The van der Waals surface area contributed by atoms with Crippen LogP contribution < -0.4 is 0 Å². The molecule has 0 nitrogen and oxygen atoms in total. The average molecular weight is 158 g/mol. The van der Waals surface area contributed by atoms with E-state index in [-0.39, 0.29) is 0 Å². The van der Waals surface area contributed by atoms with Crippen LogP contribution in [0.2, 0.25) is 0 Å².